The van der Waals surface area contributed by atoms with Crippen LogP contribution in [0, 0.1) is 5.92 Å². The number of benzene rings is 1. The molecule has 2 rings (SSSR count). The van der Waals surface area contributed by atoms with Crippen LogP contribution in [0.5, 0.6) is 0 Å². The number of carboxylic acids is 1. The summed E-state index contributed by atoms with van der Waals surface area (Å²) in [5.74, 6) is -1.56. The SMILES string of the molecule is CC(C)[C@H](NC(=O)[C@H]1CN(Cc2ccccc2)CCO1)C(=O)O. The van der Waals surface area contributed by atoms with Crippen molar-refractivity contribution in [3.05, 3.63) is 35.9 Å². The molecule has 0 aliphatic carbocycles. The maximum absolute atomic E-state index is 12.3. The molecule has 0 unspecified atom stereocenters. The first kappa shape index (κ1) is 17.4. The summed E-state index contributed by atoms with van der Waals surface area (Å²) < 4.78 is 5.52. The number of carbonyl (C=O) groups excluding carboxylic acids is 1. The Labute approximate surface area is 136 Å². The van der Waals surface area contributed by atoms with Crippen molar-refractivity contribution in [2.24, 2.45) is 5.92 Å². The molecule has 1 aliphatic rings. The lowest BCUT2D eigenvalue weighted by atomic mass is 10.0. The van der Waals surface area contributed by atoms with Crippen LogP contribution in [0.1, 0.15) is 19.4 Å². The smallest absolute Gasteiger partial charge is 0.326 e. The van der Waals surface area contributed by atoms with Gasteiger partial charge in [0.1, 0.15) is 12.1 Å². The molecular weight excluding hydrogens is 296 g/mol. The van der Waals surface area contributed by atoms with Crippen LogP contribution in [0.2, 0.25) is 0 Å². The maximum atomic E-state index is 12.3. The molecule has 1 aromatic rings. The maximum Gasteiger partial charge on any atom is 0.326 e. The second-order valence-corrected chi connectivity index (χ2v) is 6.15. The molecule has 126 valence electrons. The van der Waals surface area contributed by atoms with E-state index < -0.39 is 18.1 Å². The van der Waals surface area contributed by atoms with E-state index in [1.807, 2.05) is 30.3 Å². The average Bonchev–Trinajstić information content (AvgIpc) is 2.53. The summed E-state index contributed by atoms with van der Waals surface area (Å²) in [6.07, 6.45) is -0.631. The minimum Gasteiger partial charge on any atom is -0.480 e. The number of nitrogens with one attached hydrogen (secondary N) is 1. The molecule has 6 heteroatoms. The monoisotopic (exact) mass is 320 g/mol. The van der Waals surface area contributed by atoms with E-state index in [1.165, 1.54) is 5.56 Å². The normalized spacial score (nSPS) is 20.2. The third-order valence-electron chi connectivity index (χ3n) is 3.92. The molecule has 6 nitrogen and oxygen atoms in total. The molecule has 1 heterocycles. The number of ether oxygens (including phenoxy) is 1. The van der Waals surface area contributed by atoms with Gasteiger partial charge < -0.3 is 15.2 Å². The van der Waals surface area contributed by atoms with Crippen LogP contribution >= 0.6 is 0 Å². The summed E-state index contributed by atoms with van der Waals surface area (Å²) in [7, 11) is 0. The van der Waals surface area contributed by atoms with E-state index in [0.29, 0.717) is 13.2 Å². The first-order valence-corrected chi connectivity index (χ1v) is 7.88. The molecule has 1 amide bonds. The Bertz CT molecular complexity index is 533. The van der Waals surface area contributed by atoms with Crippen LogP contribution in [-0.4, -0.2) is 53.7 Å². The Hall–Kier alpha value is -1.92. The van der Waals surface area contributed by atoms with Crippen LogP contribution < -0.4 is 5.32 Å². The number of rotatable bonds is 6. The number of carbonyl (C=O) groups is 2. The molecule has 0 radical (unpaired) electrons. The second-order valence-electron chi connectivity index (χ2n) is 6.15. The van der Waals surface area contributed by atoms with Crippen molar-refractivity contribution >= 4 is 11.9 Å². The molecule has 1 aliphatic heterocycles. The Morgan fingerprint density at radius 3 is 2.65 bits per heavy atom. The van der Waals surface area contributed by atoms with E-state index >= 15 is 0 Å². The predicted octanol–water partition coefficient (Wildman–Crippen LogP) is 1.11. The van der Waals surface area contributed by atoms with Crippen molar-refractivity contribution in [2.75, 3.05) is 19.7 Å². The highest BCUT2D eigenvalue weighted by atomic mass is 16.5. The first-order chi connectivity index (χ1) is 11.0. The minimum atomic E-state index is -1.02. The molecule has 2 N–H and O–H groups in total. The van der Waals surface area contributed by atoms with Gasteiger partial charge in [0, 0.05) is 19.6 Å². The number of nitrogens with zero attached hydrogens (tertiary/aromatic N) is 1. The Kier molecular flexibility index (Phi) is 6.12. The number of morpholine rings is 1. The third kappa shape index (κ3) is 5.04. The molecule has 1 fully saturated rings. The fourth-order valence-corrected chi connectivity index (χ4v) is 2.61. The highest BCUT2D eigenvalue weighted by Crippen LogP contribution is 2.11. The zero-order valence-electron chi connectivity index (χ0n) is 13.6. The van der Waals surface area contributed by atoms with Gasteiger partial charge in [0.25, 0.3) is 5.91 Å². The zero-order chi connectivity index (χ0) is 16.8. The van der Waals surface area contributed by atoms with Crippen molar-refractivity contribution in [1.29, 1.82) is 0 Å². The van der Waals surface area contributed by atoms with Crippen LogP contribution in [-0.2, 0) is 20.9 Å². The molecule has 23 heavy (non-hydrogen) atoms. The summed E-state index contributed by atoms with van der Waals surface area (Å²) in [6, 6.07) is 9.14. The summed E-state index contributed by atoms with van der Waals surface area (Å²) >= 11 is 0. The standard InChI is InChI=1S/C17H24N2O4/c1-12(2)15(17(21)22)18-16(20)14-11-19(8-9-23-14)10-13-6-4-3-5-7-13/h3-7,12,14-15H,8-11H2,1-2H3,(H,18,20)(H,21,22)/t14-,15+/m1/s1. The van der Waals surface area contributed by atoms with Crippen molar-refractivity contribution in [3.63, 3.8) is 0 Å². The molecule has 0 aromatic heterocycles. The van der Waals surface area contributed by atoms with Gasteiger partial charge in [0.15, 0.2) is 0 Å². The van der Waals surface area contributed by atoms with E-state index in [9.17, 15) is 14.7 Å². The van der Waals surface area contributed by atoms with Crippen LogP contribution in [0.4, 0.5) is 0 Å². The van der Waals surface area contributed by atoms with Gasteiger partial charge in [-0.2, -0.15) is 0 Å². The topological polar surface area (TPSA) is 78.9 Å². The van der Waals surface area contributed by atoms with Gasteiger partial charge in [-0.05, 0) is 11.5 Å². The summed E-state index contributed by atoms with van der Waals surface area (Å²) in [5, 5.41) is 11.8. The number of carboxylic acid groups (broad SMARTS) is 1. The van der Waals surface area contributed by atoms with E-state index in [0.717, 1.165) is 13.1 Å². The summed E-state index contributed by atoms with van der Waals surface area (Å²) in [6.45, 7) is 5.96. The van der Waals surface area contributed by atoms with E-state index in [-0.39, 0.29) is 11.8 Å². The number of amides is 1. The van der Waals surface area contributed by atoms with Crippen molar-refractivity contribution in [3.8, 4) is 0 Å². The van der Waals surface area contributed by atoms with Crippen LogP contribution in [0.15, 0.2) is 30.3 Å². The van der Waals surface area contributed by atoms with Crippen molar-refractivity contribution in [1.82, 2.24) is 10.2 Å². The highest BCUT2D eigenvalue weighted by molar-refractivity contribution is 5.86. The zero-order valence-corrected chi connectivity index (χ0v) is 13.6. The lowest BCUT2D eigenvalue weighted by Crippen LogP contribution is -2.54. The molecule has 0 bridgehead atoms. The summed E-state index contributed by atoms with van der Waals surface area (Å²) in [4.78, 5) is 25.6. The van der Waals surface area contributed by atoms with Crippen molar-refractivity contribution < 1.29 is 19.4 Å². The molecule has 0 saturated carbocycles. The lowest BCUT2D eigenvalue weighted by molar-refractivity contribution is -0.148. The molecule has 1 saturated heterocycles. The Morgan fingerprint density at radius 1 is 1.35 bits per heavy atom. The average molecular weight is 320 g/mol. The molecule has 1 aromatic carbocycles. The van der Waals surface area contributed by atoms with Gasteiger partial charge in [-0.25, -0.2) is 4.79 Å². The molecule has 0 spiro atoms. The van der Waals surface area contributed by atoms with Gasteiger partial charge in [-0.3, -0.25) is 9.69 Å². The third-order valence-corrected chi connectivity index (χ3v) is 3.92. The quantitative estimate of drug-likeness (QED) is 0.821. The number of hydrogen-bond donors (Lipinski definition) is 2. The Morgan fingerprint density at radius 2 is 2.04 bits per heavy atom. The lowest BCUT2D eigenvalue weighted by Gasteiger charge is -2.33. The predicted molar refractivity (Wildman–Crippen MR) is 85.9 cm³/mol. The molecular formula is C17H24N2O4. The van der Waals surface area contributed by atoms with Gasteiger partial charge >= 0.3 is 5.97 Å². The highest BCUT2D eigenvalue weighted by Gasteiger charge is 2.31. The fraction of sp³-hybridized carbons (Fsp3) is 0.529. The number of aliphatic carboxylic acids is 1. The first-order valence-electron chi connectivity index (χ1n) is 7.88. The second kappa shape index (κ2) is 8.08. The van der Waals surface area contributed by atoms with Gasteiger partial charge in [0.2, 0.25) is 0 Å². The van der Waals surface area contributed by atoms with E-state index in [2.05, 4.69) is 10.2 Å². The van der Waals surface area contributed by atoms with E-state index in [1.54, 1.807) is 13.8 Å². The number of hydrogen-bond acceptors (Lipinski definition) is 4. The van der Waals surface area contributed by atoms with E-state index in [4.69, 9.17) is 4.74 Å². The molecule has 2 atom stereocenters. The largest absolute Gasteiger partial charge is 0.480 e. The fourth-order valence-electron chi connectivity index (χ4n) is 2.61. The summed E-state index contributed by atoms with van der Waals surface area (Å²) in [5.41, 5.74) is 1.18. The van der Waals surface area contributed by atoms with Crippen LogP contribution in [0.3, 0.4) is 0 Å². The van der Waals surface area contributed by atoms with Crippen molar-refractivity contribution in [2.45, 2.75) is 32.5 Å². The van der Waals surface area contributed by atoms with Gasteiger partial charge in [0.05, 0.1) is 6.61 Å². The van der Waals surface area contributed by atoms with Gasteiger partial charge in [-0.15, -0.1) is 0 Å². The Balaban J connectivity index is 1.92. The van der Waals surface area contributed by atoms with Crippen LogP contribution in [0.25, 0.3) is 0 Å². The van der Waals surface area contributed by atoms with Gasteiger partial charge in [-0.1, -0.05) is 44.2 Å². The minimum absolute atomic E-state index is 0.180.